The summed E-state index contributed by atoms with van der Waals surface area (Å²) < 4.78 is 25.1. The van der Waals surface area contributed by atoms with E-state index in [0.29, 0.717) is 36.3 Å². The molecule has 0 radical (unpaired) electrons. The number of fused-ring (bicyclic) bond motifs is 1. The molecular weight excluding hydrogens is 359 g/mol. The van der Waals surface area contributed by atoms with Crippen molar-refractivity contribution in [2.45, 2.75) is 53.1 Å². The van der Waals surface area contributed by atoms with Crippen molar-refractivity contribution in [1.82, 2.24) is 15.6 Å². The lowest BCUT2D eigenvalue weighted by atomic mass is 9.94. The number of nitrogens with zero attached hydrogens (tertiary/aromatic N) is 2. The molecule has 3 rings (SSSR count). The van der Waals surface area contributed by atoms with Gasteiger partial charge in [0.25, 0.3) is 0 Å². The average molecular weight is 386 g/mol. The number of furan rings is 1. The third-order valence-corrected chi connectivity index (χ3v) is 4.42. The lowest BCUT2D eigenvalue weighted by Gasteiger charge is -2.13. The molecule has 0 fully saturated rings. The summed E-state index contributed by atoms with van der Waals surface area (Å²) in [6, 6.07) is 4.52. The minimum absolute atomic E-state index is 0.0812. The minimum Gasteiger partial charge on any atom is -0.459 e. The maximum atomic E-state index is 13.5. The van der Waals surface area contributed by atoms with Crippen LogP contribution in [-0.4, -0.2) is 17.5 Å². The first-order chi connectivity index (χ1) is 13.3. The summed E-state index contributed by atoms with van der Waals surface area (Å²) >= 11 is 0. The predicted molar refractivity (Wildman–Crippen MR) is 108 cm³/mol. The lowest BCUT2D eigenvalue weighted by molar-refractivity contribution is 0.379. The maximum absolute atomic E-state index is 13.5. The van der Waals surface area contributed by atoms with Crippen LogP contribution in [0, 0.1) is 12.7 Å². The monoisotopic (exact) mass is 386 g/mol. The van der Waals surface area contributed by atoms with Crippen LogP contribution in [0.1, 0.15) is 50.7 Å². The topological polar surface area (TPSA) is 75.6 Å². The predicted octanol–water partition coefficient (Wildman–Crippen LogP) is 4.42. The fourth-order valence-electron chi connectivity index (χ4n) is 2.79. The summed E-state index contributed by atoms with van der Waals surface area (Å²) in [5, 5.41) is 7.18. The molecule has 2 aromatic heterocycles. The van der Waals surface area contributed by atoms with E-state index in [1.54, 1.807) is 12.3 Å². The van der Waals surface area contributed by atoms with Gasteiger partial charge in [-0.1, -0.05) is 20.8 Å². The Balaban J connectivity index is 1.71. The highest BCUT2D eigenvalue weighted by molar-refractivity contribution is 5.82. The minimum atomic E-state index is -0.276. The van der Waals surface area contributed by atoms with Crippen molar-refractivity contribution in [3.8, 4) is 0 Å². The first-order valence-electron chi connectivity index (χ1n) is 9.43. The van der Waals surface area contributed by atoms with Crippen LogP contribution in [0.3, 0.4) is 0 Å². The molecule has 2 N–H and O–H groups in total. The van der Waals surface area contributed by atoms with Gasteiger partial charge in [0.05, 0.1) is 12.7 Å². The van der Waals surface area contributed by atoms with Gasteiger partial charge in [0.15, 0.2) is 5.96 Å². The van der Waals surface area contributed by atoms with Crippen LogP contribution in [0.2, 0.25) is 0 Å². The average Bonchev–Trinajstić information content (AvgIpc) is 3.23. The Morgan fingerprint density at radius 2 is 2.00 bits per heavy atom. The Morgan fingerprint density at radius 1 is 1.21 bits per heavy atom. The molecule has 2 heterocycles. The molecule has 150 valence electrons. The van der Waals surface area contributed by atoms with Crippen molar-refractivity contribution in [3.63, 3.8) is 0 Å². The number of aromatic nitrogens is 1. The normalized spacial score (nSPS) is 12.6. The highest BCUT2D eigenvalue weighted by atomic mass is 19.1. The summed E-state index contributed by atoms with van der Waals surface area (Å²) in [5.74, 6) is 2.51. The van der Waals surface area contributed by atoms with Gasteiger partial charge < -0.3 is 19.5 Å². The van der Waals surface area contributed by atoms with Crippen LogP contribution >= 0.6 is 0 Å². The molecule has 28 heavy (non-hydrogen) atoms. The zero-order valence-corrected chi connectivity index (χ0v) is 17.0. The summed E-state index contributed by atoms with van der Waals surface area (Å²) in [6.45, 7) is 11.6. The van der Waals surface area contributed by atoms with Crippen molar-refractivity contribution < 1.29 is 13.2 Å². The molecule has 3 aromatic rings. The summed E-state index contributed by atoms with van der Waals surface area (Å²) in [4.78, 5) is 8.89. The first-order valence-corrected chi connectivity index (χ1v) is 9.43. The Labute approximate surface area is 164 Å². The molecule has 0 unspecified atom stereocenters. The molecule has 0 bridgehead atoms. The molecule has 7 heteroatoms. The SMILES string of the molecule is CCNC(=NCc1oc2ccc(F)cc2c1C)NCc1ncc(C(C)(C)C)o1. The smallest absolute Gasteiger partial charge is 0.213 e. The van der Waals surface area contributed by atoms with Crippen LogP contribution in [-0.2, 0) is 18.5 Å². The van der Waals surface area contributed by atoms with E-state index in [1.807, 2.05) is 13.8 Å². The van der Waals surface area contributed by atoms with Gasteiger partial charge in [-0.25, -0.2) is 14.4 Å². The molecule has 0 spiro atoms. The van der Waals surface area contributed by atoms with Crippen LogP contribution in [0.5, 0.6) is 0 Å². The van der Waals surface area contributed by atoms with E-state index >= 15 is 0 Å². The van der Waals surface area contributed by atoms with Gasteiger partial charge in [-0.05, 0) is 32.0 Å². The van der Waals surface area contributed by atoms with Crippen LogP contribution < -0.4 is 10.6 Å². The molecule has 0 saturated carbocycles. The number of aryl methyl sites for hydroxylation is 1. The molecule has 0 amide bonds. The van der Waals surface area contributed by atoms with Gasteiger partial charge >= 0.3 is 0 Å². The number of aliphatic imine (C=N–C) groups is 1. The van der Waals surface area contributed by atoms with Gasteiger partial charge in [-0.15, -0.1) is 0 Å². The van der Waals surface area contributed by atoms with Crippen molar-refractivity contribution in [3.05, 3.63) is 53.2 Å². The third kappa shape index (κ3) is 4.52. The van der Waals surface area contributed by atoms with Crippen molar-refractivity contribution in [1.29, 1.82) is 0 Å². The highest BCUT2D eigenvalue weighted by Gasteiger charge is 2.19. The highest BCUT2D eigenvalue weighted by Crippen LogP contribution is 2.26. The number of oxazole rings is 1. The molecule has 1 aromatic carbocycles. The largest absolute Gasteiger partial charge is 0.459 e. The number of hydrogen-bond donors (Lipinski definition) is 2. The van der Waals surface area contributed by atoms with Crippen LogP contribution in [0.4, 0.5) is 4.39 Å². The standard InChI is InChI=1S/C21H27FN4O2/c1-6-23-20(26-12-19-24-11-18(28-19)21(3,4)5)25-10-17-13(2)15-9-14(22)7-8-16(15)27-17/h7-9,11H,6,10,12H2,1-5H3,(H2,23,25,26). The molecule has 6 nitrogen and oxygen atoms in total. The van der Waals surface area contributed by atoms with E-state index in [1.165, 1.54) is 12.1 Å². The second-order valence-electron chi connectivity index (χ2n) is 7.71. The van der Waals surface area contributed by atoms with E-state index in [4.69, 9.17) is 8.83 Å². The summed E-state index contributed by atoms with van der Waals surface area (Å²) in [7, 11) is 0. The number of guanidine groups is 1. The zero-order valence-electron chi connectivity index (χ0n) is 17.0. The Bertz CT molecular complexity index is 982. The van der Waals surface area contributed by atoms with Crippen molar-refractivity contribution in [2.75, 3.05) is 6.54 Å². The summed E-state index contributed by atoms with van der Waals surface area (Å²) in [6.07, 6.45) is 1.76. The van der Waals surface area contributed by atoms with Gasteiger partial charge in [-0.3, -0.25) is 0 Å². The lowest BCUT2D eigenvalue weighted by Crippen LogP contribution is -2.36. The van der Waals surface area contributed by atoms with Crippen LogP contribution in [0.25, 0.3) is 11.0 Å². The van der Waals surface area contributed by atoms with E-state index in [2.05, 4.69) is 41.4 Å². The Kier molecular flexibility index (Phi) is 5.72. The van der Waals surface area contributed by atoms with Gasteiger partial charge in [-0.2, -0.15) is 0 Å². The fourth-order valence-corrected chi connectivity index (χ4v) is 2.79. The molecule has 0 aliphatic carbocycles. The maximum Gasteiger partial charge on any atom is 0.213 e. The first kappa shape index (κ1) is 19.9. The van der Waals surface area contributed by atoms with Gasteiger partial charge in [0.2, 0.25) is 5.89 Å². The van der Waals surface area contributed by atoms with Crippen molar-refractivity contribution >= 4 is 16.9 Å². The number of benzene rings is 1. The molecular formula is C21H27FN4O2. The number of rotatable bonds is 5. The fraction of sp³-hybridized carbons (Fsp3) is 0.429. The second kappa shape index (κ2) is 8.04. The van der Waals surface area contributed by atoms with Gasteiger partial charge in [0.1, 0.15) is 29.5 Å². The Morgan fingerprint density at radius 3 is 2.68 bits per heavy atom. The number of nitrogens with one attached hydrogen (secondary N) is 2. The number of hydrogen-bond acceptors (Lipinski definition) is 4. The third-order valence-electron chi connectivity index (χ3n) is 4.42. The van der Waals surface area contributed by atoms with Crippen LogP contribution in [0.15, 0.2) is 38.2 Å². The molecule has 0 atom stereocenters. The number of halogens is 1. The molecule has 0 aliphatic heterocycles. The second-order valence-corrected chi connectivity index (χ2v) is 7.71. The quantitative estimate of drug-likeness (QED) is 0.501. The van der Waals surface area contributed by atoms with E-state index < -0.39 is 0 Å². The Hall–Kier alpha value is -2.83. The zero-order chi connectivity index (χ0) is 20.3. The van der Waals surface area contributed by atoms with E-state index in [0.717, 1.165) is 23.3 Å². The molecule has 0 saturated heterocycles. The molecule has 0 aliphatic rings. The summed E-state index contributed by atoms with van der Waals surface area (Å²) in [5.41, 5.74) is 1.48. The van der Waals surface area contributed by atoms with E-state index in [9.17, 15) is 4.39 Å². The van der Waals surface area contributed by atoms with Gasteiger partial charge in [0, 0.05) is 22.9 Å². The van der Waals surface area contributed by atoms with Crippen molar-refractivity contribution in [2.24, 2.45) is 4.99 Å². The van der Waals surface area contributed by atoms with E-state index in [-0.39, 0.29) is 11.2 Å².